The Morgan fingerprint density at radius 1 is 1.38 bits per heavy atom. The Hall–Kier alpha value is -0.880. The van der Waals surface area contributed by atoms with Gasteiger partial charge >= 0.3 is 0 Å². The molecule has 0 aliphatic heterocycles. The molecule has 1 aromatic carbocycles. The molecule has 4 heteroatoms. The molecule has 1 N–H and O–H groups in total. The van der Waals surface area contributed by atoms with Crippen molar-refractivity contribution in [3.63, 3.8) is 0 Å². The molecule has 16 heavy (non-hydrogen) atoms. The topological polar surface area (TPSA) is 29.9 Å². The van der Waals surface area contributed by atoms with Crippen LogP contribution >= 0.6 is 22.6 Å². The van der Waals surface area contributed by atoms with Crippen molar-refractivity contribution < 1.29 is 0 Å². The summed E-state index contributed by atoms with van der Waals surface area (Å²) in [6.07, 6.45) is 3.89. The molecule has 0 aliphatic carbocycles. The van der Waals surface area contributed by atoms with Crippen molar-refractivity contribution in [1.29, 1.82) is 0 Å². The zero-order chi connectivity index (χ0) is 11.5. The summed E-state index contributed by atoms with van der Waals surface area (Å²) in [4.78, 5) is 0. The minimum atomic E-state index is 0.318. The second-order valence-corrected chi connectivity index (χ2v) is 4.92. The SMILES string of the molecule is CNC(C)c1ccccc1-n1cc(I)cn1. The second-order valence-electron chi connectivity index (χ2n) is 3.67. The Bertz CT molecular complexity index is 479. The first-order chi connectivity index (χ1) is 7.72. The number of aromatic nitrogens is 2. The molecule has 2 rings (SSSR count). The molecule has 0 saturated carbocycles. The van der Waals surface area contributed by atoms with Gasteiger partial charge in [0.15, 0.2) is 0 Å². The summed E-state index contributed by atoms with van der Waals surface area (Å²) >= 11 is 2.27. The summed E-state index contributed by atoms with van der Waals surface area (Å²) < 4.78 is 3.06. The van der Waals surface area contributed by atoms with E-state index in [0.717, 1.165) is 9.26 Å². The largest absolute Gasteiger partial charge is 0.313 e. The van der Waals surface area contributed by atoms with Gasteiger partial charge in [0.1, 0.15) is 0 Å². The van der Waals surface area contributed by atoms with Crippen LogP contribution in [0.1, 0.15) is 18.5 Å². The van der Waals surface area contributed by atoms with Crippen LogP contribution in [0.4, 0.5) is 0 Å². The monoisotopic (exact) mass is 327 g/mol. The zero-order valence-electron chi connectivity index (χ0n) is 9.31. The lowest BCUT2D eigenvalue weighted by molar-refractivity contribution is 0.644. The van der Waals surface area contributed by atoms with Gasteiger partial charge in [-0.25, -0.2) is 4.68 Å². The summed E-state index contributed by atoms with van der Waals surface area (Å²) in [7, 11) is 1.97. The predicted octanol–water partition coefficient (Wildman–Crippen LogP) is 2.76. The number of nitrogens with zero attached hydrogens (tertiary/aromatic N) is 2. The molecule has 0 bridgehead atoms. The van der Waals surface area contributed by atoms with E-state index < -0.39 is 0 Å². The number of benzene rings is 1. The van der Waals surface area contributed by atoms with Gasteiger partial charge in [-0.1, -0.05) is 18.2 Å². The highest BCUT2D eigenvalue weighted by atomic mass is 127. The third-order valence-electron chi connectivity index (χ3n) is 2.63. The third kappa shape index (κ3) is 2.27. The van der Waals surface area contributed by atoms with Crippen LogP contribution in [0.3, 0.4) is 0 Å². The first-order valence-electron chi connectivity index (χ1n) is 5.19. The Kier molecular flexibility index (Phi) is 3.60. The molecule has 0 aliphatic rings. The maximum absolute atomic E-state index is 4.34. The summed E-state index contributed by atoms with van der Waals surface area (Å²) in [5.41, 5.74) is 2.39. The van der Waals surface area contributed by atoms with Crippen molar-refractivity contribution in [2.24, 2.45) is 0 Å². The highest BCUT2D eigenvalue weighted by Gasteiger charge is 2.10. The fourth-order valence-electron chi connectivity index (χ4n) is 1.65. The number of halogens is 1. The average molecular weight is 327 g/mol. The number of rotatable bonds is 3. The molecular formula is C12H14IN3. The van der Waals surface area contributed by atoms with Gasteiger partial charge in [0.25, 0.3) is 0 Å². The second kappa shape index (κ2) is 4.97. The first kappa shape index (κ1) is 11.6. The van der Waals surface area contributed by atoms with Gasteiger partial charge in [-0.05, 0) is 48.2 Å². The van der Waals surface area contributed by atoms with E-state index in [0.29, 0.717) is 6.04 Å². The summed E-state index contributed by atoms with van der Waals surface area (Å²) in [6, 6.07) is 8.63. The van der Waals surface area contributed by atoms with E-state index in [9.17, 15) is 0 Å². The lowest BCUT2D eigenvalue weighted by atomic mass is 10.1. The van der Waals surface area contributed by atoms with Gasteiger partial charge in [0.2, 0.25) is 0 Å². The zero-order valence-corrected chi connectivity index (χ0v) is 11.5. The van der Waals surface area contributed by atoms with Crippen LogP contribution in [0.5, 0.6) is 0 Å². The van der Waals surface area contributed by atoms with Crippen molar-refractivity contribution >= 4 is 22.6 Å². The van der Waals surface area contributed by atoms with Crippen LogP contribution in [0.25, 0.3) is 5.69 Å². The minimum absolute atomic E-state index is 0.318. The van der Waals surface area contributed by atoms with Crippen LogP contribution in [-0.2, 0) is 0 Å². The normalized spacial score (nSPS) is 12.7. The van der Waals surface area contributed by atoms with Crippen molar-refractivity contribution in [3.8, 4) is 5.69 Å². The van der Waals surface area contributed by atoms with E-state index in [2.05, 4.69) is 58.1 Å². The number of hydrogen-bond donors (Lipinski definition) is 1. The molecule has 1 heterocycles. The molecule has 2 aromatic rings. The summed E-state index contributed by atoms with van der Waals surface area (Å²) in [5.74, 6) is 0. The molecule has 1 atom stereocenters. The fourth-order valence-corrected chi connectivity index (χ4v) is 2.04. The number of nitrogens with one attached hydrogen (secondary N) is 1. The molecule has 3 nitrogen and oxygen atoms in total. The number of hydrogen-bond acceptors (Lipinski definition) is 2. The molecular weight excluding hydrogens is 313 g/mol. The van der Waals surface area contributed by atoms with Crippen LogP contribution < -0.4 is 5.32 Å². The molecule has 84 valence electrons. The maximum atomic E-state index is 4.34. The molecule has 0 fully saturated rings. The van der Waals surface area contributed by atoms with Crippen molar-refractivity contribution in [1.82, 2.24) is 15.1 Å². The Labute approximate surface area is 109 Å². The minimum Gasteiger partial charge on any atom is -0.313 e. The van der Waals surface area contributed by atoms with Gasteiger partial charge in [-0.2, -0.15) is 5.10 Å². The Morgan fingerprint density at radius 2 is 2.12 bits per heavy atom. The highest BCUT2D eigenvalue weighted by Crippen LogP contribution is 2.21. The van der Waals surface area contributed by atoms with E-state index >= 15 is 0 Å². The third-order valence-corrected chi connectivity index (χ3v) is 3.19. The van der Waals surface area contributed by atoms with Crippen LogP contribution in [0.2, 0.25) is 0 Å². The molecule has 1 unspecified atom stereocenters. The highest BCUT2D eigenvalue weighted by molar-refractivity contribution is 14.1. The maximum Gasteiger partial charge on any atom is 0.0693 e. The molecule has 0 radical (unpaired) electrons. The fraction of sp³-hybridized carbons (Fsp3) is 0.250. The Morgan fingerprint density at radius 3 is 2.75 bits per heavy atom. The molecule has 0 saturated heterocycles. The van der Waals surface area contributed by atoms with Crippen LogP contribution in [0.15, 0.2) is 36.7 Å². The van der Waals surface area contributed by atoms with Gasteiger partial charge in [-0.15, -0.1) is 0 Å². The number of para-hydroxylation sites is 1. The van der Waals surface area contributed by atoms with Crippen molar-refractivity contribution in [2.45, 2.75) is 13.0 Å². The smallest absolute Gasteiger partial charge is 0.0693 e. The Balaban J connectivity index is 2.48. The lowest BCUT2D eigenvalue weighted by Gasteiger charge is -2.15. The van der Waals surface area contributed by atoms with Crippen molar-refractivity contribution in [3.05, 3.63) is 45.8 Å². The van der Waals surface area contributed by atoms with E-state index in [4.69, 9.17) is 0 Å². The predicted molar refractivity (Wildman–Crippen MR) is 73.8 cm³/mol. The van der Waals surface area contributed by atoms with Gasteiger partial charge < -0.3 is 5.32 Å². The average Bonchev–Trinajstić information content (AvgIpc) is 2.75. The van der Waals surface area contributed by atoms with Gasteiger partial charge in [0, 0.05) is 12.2 Å². The summed E-state index contributed by atoms with van der Waals surface area (Å²) in [5, 5.41) is 7.60. The molecule has 0 amide bonds. The first-order valence-corrected chi connectivity index (χ1v) is 6.27. The van der Waals surface area contributed by atoms with Gasteiger partial charge in [0.05, 0.1) is 15.5 Å². The lowest BCUT2D eigenvalue weighted by Crippen LogP contribution is -2.15. The van der Waals surface area contributed by atoms with E-state index in [-0.39, 0.29) is 0 Å². The standard InChI is InChI=1S/C12H14IN3/c1-9(14-2)11-5-3-4-6-12(11)16-8-10(13)7-15-16/h3-9,14H,1-2H3. The van der Waals surface area contributed by atoms with Crippen LogP contribution in [-0.4, -0.2) is 16.8 Å². The van der Waals surface area contributed by atoms with E-state index in [1.165, 1.54) is 5.56 Å². The molecule has 0 spiro atoms. The van der Waals surface area contributed by atoms with Gasteiger partial charge in [-0.3, -0.25) is 0 Å². The quantitative estimate of drug-likeness (QED) is 0.879. The van der Waals surface area contributed by atoms with E-state index in [1.807, 2.05) is 30.2 Å². The van der Waals surface area contributed by atoms with E-state index in [1.54, 1.807) is 0 Å². The van der Waals surface area contributed by atoms with Crippen LogP contribution in [0, 0.1) is 3.57 Å². The molecule has 1 aromatic heterocycles. The van der Waals surface area contributed by atoms with Crippen molar-refractivity contribution in [2.75, 3.05) is 7.05 Å². The summed E-state index contributed by atoms with van der Waals surface area (Å²) in [6.45, 7) is 2.15.